The normalized spacial score (nSPS) is 22.5. The Labute approximate surface area is 165 Å². The van der Waals surface area contributed by atoms with Crippen molar-refractivity contribution in [2.24, 2.45) is 11.7 Å². The van der Waals surface area contributed by atoms with E-state index in [-0.39, 0.29) is 24.0 Å². The molecule has 6 heteroatoms. The molecule has 3 N–H and O–H groups in total. The number of hydrogen-bond acceptors (Lipinski definition) is 5. The minimum atomic E-state index is -0.0477. The third-order valence-electron chi connectivity index (χ3n) is 5.00. The molecule has 0 unspecified atom stereocenters. The molecule has 1 aliphatic rings. The van der Waals surface area contributed by atoms with Gasteiger partial charge in [0.1, 0.15) is 0 Å². The van der Waals surface area contributed by atoms with Gasteiger partial charge in [-0.05, 0) is 25.7 Å². The first-order chi connectivity index (χ1) is 13.2. The van der Waals surface area contributed by atoms with Crippen LogP contribution in [0.5, 0.6) is 0 Å². The summed E-state index contributed by atoms with van der Waals surface area (Å²) >= 11 is 1.64. The third kappa shape index (κ3) is 5.61. The largest absolute Gasteiger partial charge is 0.377 e. The van der Waals surface area contributed by atoms with E-state index in [4.69, 9.17) is 10.5 Å². The number of thiazole rings is 1. The number of nitrogens with one attached hydrogen (secondary N) is 1. The molecular formula is C21H29N3O2S. The first-order valence-corrected chi connectivity index (χ1v) is 10.7. The van der Waals surface area contributed by atoms with E-state index in [1.165, 1.54) is 0 Å². The number of aromatic nitrogens is 1. The van der Waals surface area contributed by atoms with Crippen LogP contribution in [0.15, 0.2) is 35.7 Å². The van der Waals surface area contributed by atoms with Gasteiger partial charge in [0.05, 0.1) is 16.8 Å². The number of ether oxygens (including phenoxy) is 1. The van der Waals surface area contributed by atoms with E-state index in [0.29, 0.717) is 13.0 Å². The summed E-state index contributed by atoms with van der Waals surface area (Å²) in [6.45, 7) is 3.45. The van der Waals surface area contributed by atoms with Gasteiger partial charge in [-0.1, -0.05) is 37.3 Å². The first-order valence-electron chi connectivity index (χ1n) is 9.82. The van der Waals surface area contributed by atoms with E-state index in [1.807, 2.05) is 18.2 Å². The maximum Gasteiger partial charge on any atom is 0.223 e. The highest BCUT2D eigenvalue weighted by atomic mass is 32.1. The van der Waals surface area contributed by atoms with Crippen LogP contribution in [0.3, 0.4) is 0 Å². The van der Waals surface area contributed by atoms with E-state index < -0.39 is 0 Å². The molecule has 0 aliphatic heterocycles. The molecular weight excluding hydrogens is 358 g/mol. The van der Waals surface area contributed by atoms with Gasteiger partial charge < -0.3 is 15.8 Å². The number of rotatable bonds is 8. The molecule has 1 heterocycles. The van der Waals surface area contributed by atoms with Gasteiger partial charge in [-0.3, -0.25) is 4.79 Å². The second kappa shape index (κ2) is 9.97. The Morgan fingerprint density at radius 3 is 2.89 bits per heavy atom. The molecule has 1 fully saturated rings. The zero-order valence-electron chi connectivity index (χ0n) is 15.9. The van der Waals surface area contributed by atoms with E-state index in [1.54, 1.807) is 11.3 Å². The van der Waals surface area contributed by atoms with Crippen molar-refractivity contribution >= 4 is 17.2 Å². The lowest BCUT2D eigenvalue weighted by atomic mass is 9.83. The van der Waals surface area contributed by atoms with Gasteiger partial charge in [0.25, 0.3) is 0 Å². The second-order valence-electron chi connectivity index (χ2n) is 7.12. The average molecular weight is 388 g/mol. The molecule has 1 aliphatic carbocycles. The highest BCUT2D eigenvalue weighted by Gasteiger charge is 2.32. The Morgan fingerprint density at radius 1 is 1.33 bits per heavy atom. The smallest absolute Gasteiger partial charge is 0.223 e. The highest BCUT2D eigenvalue weighted by molar-refractivity contribution is 7.09. The summed E-state index contributed by atoms with van der Waals surface area (Å²) in [7, 11) is 0. The number of amides is 1. The van der Waals surface area contributed by atoms with Crippen molar-refractivity contribution in [1.29, 1.82) is 0 Å². The number of hydrogen-bond donors (Lipinski definition) is 2. The fourth-order valence-corrected chi connectivity index (χ4v) is 4.30. The van der Waals surface area contributed by atoms with Crippen molar-refractivity contribution in [1.82, 2.24) is 10.3 Å². The number of carbonyl (C=O) groups is 1. The third-order valence-corrected chi connectivity index (χ3v) is 5.91. The minimum Gasteiger partial charge on any atom is -0.377 e. The van der Waals surface area contributed by atoms with Crippen LogP contribution in [0, 0.1) is 5.92 Å². The average Bonchev–Trinajstić information content (AvgIpc) is 3.16. The molecule has 1 aromatic carbocycles. The predicted molar refractivity (Wildman–Crippen MR) is 110 cm³/mol. The van der Waals surface area contributed by atoms with Crippen LogP contribution in [0.1, 0.15) is 37.6 Å². The van der Waals surface area contributed by atoms with Crippen LogP contribution >= 0.6 is 11.3 Å². The second-order valence-corrected chi connectivity index (χ2v) is 8.06. The maximum absolute atomic E-state index is 12.5. The van der Waals surface area contributed by atoms with Gasteiger partial charge in [-0.15, -0.1) is 11.3 Å². The molecule has 5 nitrogen and oxygen atoms in total. The summed E-state index contributed by atoms with van der Waals surface area (Å²) in [5.74, 6) is 0.108. The number of benzene rings is 1. The van der Waals surface area contributed by atoms with Crippen LogP contribution in [-0.4, -0.2) is 36.2 Å². The molecule has 146 valence electrons. The quantitative estimate of drug-likeness (QED) is 0.728. The Morgan fingerprint density at radius 2 is 2.15 bits per heavy atom. The summed E-state index contributed by atoms with van der Waals surface area (Å²) in [6, 6.07) is 10.1. The van der Waals surface area contributed by atoms with Crippen LogP contribution in [0.25, 0.3) is 11.3 Å². The number of carbonyl (C=O) groups excluding carboxylic acids is 1. The van der Waals surface area contributed by atoms with Gasteiger partial charge in [0, 0.05) is 42.5 Å². The summed E-state index contributed by atoms with van der Waals surface area (Å²) in [5, 5.41) is 6.18. The van der Waals surface area contributed by atoms with Gasteiger partial charge in [0.2, 0.25) is 5.91 Å². The predicted octanol–water partition coefficient (Wildman–Crippen LogP) is 3.39. The molecule has 0 radical (unpaired) electrons. The zero-order valence-corrected chi connectivity index (χ0v) is 16.7. The van der Waals surface area contributed by atoms with Crippen molar-refractivity contribution in [3.8, 4) is 11.3 Å². The molecule has 1 aromatic heterocycles. The molecule has 0 bridgehead atoms. The first kappa shape index (κ1) is 20.0. The molecule has 1 saturated carbocycles. The lowest BCUT2D eigenvalue weighted by Gasteiger charge is -2.33. The van der Waals surface area contributed by atoms with Crippen molar-refractivity contribution in [3.05, 3.63) is 40.7 Å². The molecule has 0 saturated heterocycles. The van der Waals surface area contributed by atoms with Crippen LogP contribution in [-0.2, 0) is 16.0 Å². The number of nitrogens with zero attached hydrogens (tertiary/aromatic N) is 1. The van der Waals surface area contributed by atoms with Gasteiger partial charge in [-0.2, -0.15) is 0 Å². The van der Waals surface area contributed by atoms with Crippen LogP contribution < -0.4 is 11.1 Å². The van der Waals surface area contributed by atoms with E-state index in [9.17, 15) is 4.79 Å². The van der Waals surface area contributed by atoms with Gasteiger partial charge in [0.15, 0.2) is 0 Å². The van der Waals surface area contributed by atoms with Crippen molar-refractivity contribution in [2.45, 2.75) is 51.2 Å². The molecule has 27 heavy (non-hydrogen) atoms. The standard InChI is InChI=1S/C21H29N3O2S/c1-2-12-26-19-9-8-16(13-17(19)22)21(25)23-11-10-20-24-18(14-27-20)15-6-4-3-5-7-15/h3-7,14,16-17,19H,2,8-13,22H2,1H3,(H,23,25)/t16-,17+,19+/m0/s1. The Balaban J connectivity index is 1.42. The minimum absolute atomic E-state index is 0.00217. The maximum atomic E-state index is 12.5. The molecule has 2 aromatic rings. The topological polar surface area (TPSA) is 77.2 Å². The number of nitrogens with two attached hydrogens (primary N) is 1. The van der Waals surface area contributed by atoms with Crippen LogP contribution in [0.2, 0.25) is 0 Å². The monoisotopic (exact) mass is 387 g/mol. The van der Waals surface area contributed by atoms with Crippen molar-refractivity contribution in [3.63, 3.8) is 0 Å². The van der Waals surface area contributed by atoms with E-state index in [2.05, 4.69) is 34.7 Å². The Hall–Kier alpha value is -1.76. The molecule has 3 rings (SSSR count). The van der Waals surface area contributed by atoms with Crippen molar-refractivity contribution in [2.75, 3.05) is 13.2 Å². The lowest BCUT2D eigenvalue weighted by Crippen LogP contribution is -2.46. The lowest BCUT2D eigenvalue weighted by molar-refractivity contribution is -0.127. The summed E-state index contributed by atoms with van der Waals surface area (Å²) in [4.78, 5) is 17.1. The van der Waals surface area contributed by atoms with E-state index >= 15 is 0 Å². The Bertz CT molecular complexity index is 719. The fourth-order valence-electron chi connectivity index (χ4n) is 3.50. The van der Waals surface area contributed by atoms with Gasteiger partial charge in [-0.25, -0.2) is 4.98 Å². The highest BCUT2D eigenvalue weighted by Crippen LogP contribution is 2.26. The molecule has 1 amide bonds. The van der Waals surface area contributed by atoms with Crippen LogP contribution in [0.4, 0.5) is 0 Å². The Kier molecular flexibility index (Phi) is 7.38. The molecule has 3 atom stereocenters. The zero-order chi connectivity index (χ0) is 19.1. The van der Waals surface area contributed by atoms with Gasteiger partial charge >= 0.3 is 0 Å². The summed E-state index contributed by atoms with van der Waals surface area (Å²) < 4.78 is 5.79. The summed E-state index contributed by atoms with van der Waals surface area (Å²) in [5.41, 5.74) is 8.34. The SMILES string of the molecule is CCCO[C@@H]1CC[C@H](C(=O)NCCc2nc(-c3ccccc3)cs2)C[C@H]1N. The summed E-state index contributed by atoms with van der Waals surface area (Å²) in [6.07, 6.45) is 4.27. The molecule has 0 spiro atoms. The van der Waals surface area contributed by atoms with Crippen molar-refractivity contribution < 1.29 is 9.53 Å². The van der Waals surface area contributed by atoms with E-state index in [0.717, 1.165) is 48.6 Å². The fraction of sp³-hybridized carbons (Fsp3) is 0.524.